The minimum Gasteiger partial charge on any atom is -0.497 e. The number of rotatable bonds is 9. The van der Waals surface area contributed by atoms with E-state index in [2.05, 4.69) is 19.2 Å². The maximum absolute atomic E-state index is 5.63. The molecule has 2 aliphatic rings. The van der Waals surface area contributed by atoms with Crippen LogP contribution >= 0.6 is 0 Å². The number of nitrogens with one attached hydrogen (secondary N) is 1. The molecular weight excluding hydrogens is 350 g/mol. The van der Waals surface area contributed by atoms with Crippen LogP contribution in [0.3, 0.4) is 0 Å². The van der Waals surface area contributed by atoms with E-state index in [1.807, 2.05) is 18.2 Å². The molecule has 2 fully saturated rings. The van der Waals surface area contributed by atoms with Crippen molar-refractivity contribution in [1.82, 2.24) is 9.97 Å². The molecule has 150 valence electrons. The Kier molecular flexibility index (Phi) is 5.42. The molecule has 0 amide bonds. The Morgan fingerprint density at radius 1 is 0.964 bits per heavy atom. The van der Waals surface area contributed by atoms with Crippen LogP contribution in [0.1, 0.15) is 50.9 Å². The first-order chi connectivity index (χ1) is 13.7. The van der Waals surface area contributed by atoms with E-state index in [1.165, 1.54) is 25.7 Å². The Morgan fingerprint density at radius 2 is 1.64 bits per heavy atom. The number of anilines is 1. The number of aromatic nitrogens is 2. The number of hydrogen-bond acceptors (Lipinski definition) is 5. The van der Waals surface area contributed by atoms with Gasteiger partial charge in [0.2, 0.25) is 0 Å². The summed E-state index contributed by atoms with van der Waals surface area (Å²) >= 11 is 0. The second kappa shape index (κ2) is 7.98. The SMILES string of the molecule is CCc1nc(-c2ccc(OC)cc2OC)c(CC)nc1NC(C1CC1)C1CC1. The van der Waals surface area contributed by atoms with E-state index < -0.39 is 0 Å². The average molecular weight is 382 g/mol. The Labute approximate surface area is 167 Å². The topological polar surface area (TPSA) is 56.3 Å². The second-order valence-corrected chi connectivity index (χ2v) is 7.93. The van der Waals surface area contributed by atoms with E-state index in [9.17, 15) is 0 Å². The van der Waals surface area contributed by atoms with Gasteiger partial charge in [0.25, 0.3) is 0 Å². The van der Waals surface area contributed by atoms with Gasteiger partial charge in [0, 0.05) is 17.7 Å². The van der Waals surface area contributed by atoms with Crippen molar-refractivity contribution in [1.29, 1.82) is 0 Å². The minimum absolute atomic E-state index is 0.575. The van der Waals surface area contributed by atoms with Gasteiger partial charge >= 0.3 is 0 Å². The molecular formula is C23H31N3O2. The van der Waals surface area contributed by atoms with Gasteiger partial charge in [-0.05, 0) is 62.5 Å². The number of hydrogen-bond donors (Lipinski definition) is 1. The smallest absolute Gasteiger partial charge is 0.148 e. The third-order valence-electron chi connectivity index (χ3n) is 5.94. The fourth-order valence-corrected chi connectivity index (χ4v) is 4.01. The summed E-state index contributed by atoms with van der Waals surface area (Å²) in [6.45, 7) is 4.29. The number of aryl methyl sites for hydroxylation is 2. The predicted octanol–water partition coefficient (Wildman–Crippen LogP) is 4.89. The Morgan fingerprint density at radius 3 is 2.18 bits per heavy atom. The third kappa shape index (κ3) is 3.80. The van der Waals surface area contributed by atoms with Gasteiger partial charge in [0.05, 0.1) is 31.3 Å². The lowest BCUT2D eigenvalue weighted by Crippen LogP contribution is -2.26. The summed E-state index contributed by atoms with van der Waals surface area (Å²) in [5, 5.41) is 3.80. The molecule has 2 aromatic rings. The highest BCUT2D eigenvalue weighted by atomic mass is 16.5. The molecule has 1 heterocycles. The molecule has 0 saturated heterocycles. The maximum atomic E-state index is 5.63. The van der Waals surface area contributed by atoms with Gasteiger partial charge in [-0.3, -0.25) is 0 Å². The van der Waals surface area contributed by atoms with Crippen molar-refractivity contribution < 1.29 is 9.47 Å². The monoisotopic (exact) mass is 381 g/mol. The second-order valence-electron chi connectivity index (χ2n) is 7.93. The Hall–Kier alpha value is -2.30. The van der Waals surface area contributed by atoms with Crippen molar-refractivity contribution >= 4 is 5.82 Å². The van der Waals surface area contributed by atoms with Gasteiger partial charge in [-0.2, -0.15) is 0 Å². The summed E-state index contributed by atoms with van der Waals surface area (Å²) < 4.78 is 11.0. The van der Waals surface area contributed by atoms with Crippen molar-refractivity contribution in [3.05, 3.63) is 29.6 Å². The van der Waals surface area contributed by atoms with Crippen LogP contribution in [0, 0.1) is 11.8 Å². The van der Waals surface area contributed by atoms with Gasteiger partial charge in [-0.25, -0.2) is 9.97 Å². The zero-order valence-corrected chi connectivity index (χ0v) is 17.4. The van der Waals surface area contributed by atoms with E-state index in [0.717, 1.165) is 64.6 Å². The molecule has 1 aromatic heterocycles. The van der Waals surface area contributed by atoms with E-state index in [0.29, 0.717) is 6.04 Å². The van der Waals surface area contributed by atoms with Gasteiger partial charge in [0.15, 0.2) is 0 Å². The van der Waals surface area contributed by atoms with E-state index >= 15 is 0 Å². The average Bonchev–Trinajstić information content (AvgIpc) is 3.64. The fraction of sp³-hybridized carbons (Fsp3) is 0.565. The zero-order chi connectivity index (χ0) is 19.7. The molecule has 0 spiro atoms. The largest absolute Gasteiger partial charge is 0.497 e. The van der Waals surface area contributed by atoms with Gasteiger partial charge in [-0.1, -0.05) is 13.8 Å². The third-order valence-corrected chi connectivity index (χ3v) is 5.94. The molecule has 1 N–H and O–H groups in total. The van der Waals surface area contributed by atoms with Gasteiger partial charge in [0.1, 0.15) is 17.3 Å². The number of nitrogens with zero attached hydrogens (tertiary/aromatic N) is 2. The highest BCUT2D eigenvalue weighted by Gasteiger charge is 2.42. The van der Waals surface area contributed by atoms with Crippen LogP contribution in [-0.4, -0.2) is 30.2 Å². The summed E-state index contributed by atoms with van der Waals surface area (Å²) in [6.07, 6.45) is 7.09. The van der Waals surface area contributed by atoms with E-state index in [-0.39, 0.29) is 0 Å². The van der Waals surface area contributed by atoms with E-state index in [4.69, 9.17) is 19.4 Å². The molecule has 5 heteroatoms. The summed E-state index contributed by atoms with van der Waals surface area (Å²) in [7, 11) is 3.35. The van der Waals surface area contributed by atoms with Crippen LogP contribution in [0.15, 0.2) is 18.2 Å². The van der Waals surface area contributed by atoms with Crippen molar-refractivity contribution in [3.8, 4) is 22.8 Å². The molecule has 4 rings (SSSR count). The first-order valence-electron chi connectivity index (χ1n) is 10.6. The highest BCUT2D eigenvalue weighted by molar-refractivity contribution is 5.71. The van der Waals surface area contributed by atoms with Crippen molar-refractivity contribution in [2.75, 3.05) is 19.5 Å². The van der Waals surface area contributed by atoms with Crippen LogP contribution in [0.2, 0.25) is 0 Å². The molecule has 0 atom stereocenters. The summed E-state index contributed by atoms with van der Waals surface area (Å²) in [5.74, 6) is 4.17. The van der Waals surface area contributed by atoms with Crippen LogP contribution in [-0.2, 0) is 12.8 Å². The normalized spacial score (nSPS) is 16.3. The molecule has 0 unspecified atom stereocenters. The van der Waals surface area contributed by atoms with Gasteiger partial charge < -0.3 is 14.8 Å². The molecule has 28 heavy (non-hydrogen) atoms. The summed E-state index contributed by atoms with van der Waals surface area (Å²) in [4.78, 5) is 10.1. The number of benzene rings is 1. The standard InChI is InChI=1S/C23H31N3O2/c1-5-18-22(17-12-11-16(27-3)13-20(17)28-4)24-19(6-2)23(25-18)26-21(14-7-8-14)15-9-10-15/h11-15,21H,5-10H2,1-4H3,(H,25,26). The van der Waals surface area contributed by atoms with Crippen molar-refractivity contribution in [2.45, 2.75) is 58.4 Å². The predicted molar refractivity (Wildman–Crippen MR) is 112 cm³/mol. The number of ether oxygens (including phenoxy) is 2. The minimum atomic E-state index is 0.575. The lowest BCUT2D eigenvalue weighted by molar-refractivity contribution is 0.395. The molecule has 5 nitrogen and oxygen atoms in total. The van der Waals surface area contributed by atoms with Gasteiger partial charge in [-0.15, -0.1) is 0 Å². The Balaban J connectivity index is 1.72. The maximum Gasteiger partial charge on any atom is 0.148 e. The lowest BCUT2D eigenvalue weighted by Gasteiger charge is -2.22. The van der Waals surface area contributed by atoms with E-state index in [1.54, 1.807) is 14.2 Å². The molecule has 2 aliphatic carbocycles. The molecule has 2 saturated carbocycles. The summed E-state index contributed by atoms with van der Waals surface area (Å²) in [5.41, 5.74) is 3.93. The van der Waals surface area contributed by atoms with Crippen molar-refractivity contribution in [2.24, 2.45) is 11.8 Å². The first-order valence-corrected chi connectivity index (χ1v) is 10.6. The van der Waals surface area contributed by atoms with Crippen LogP contribution < -0.4 is 14.8 Å². The van der Waals surface area contributed by atoms with Crippen molar-refractivity contribution in [3.63, 3.8) is 0 Å². The Bertz CT molecular complexity index is 832. The summed E-state index contributed by atoms with van der Waals surface area (Å²) in [6, 6.07) is 6.45. The first kappa shape index (κ1) is 19.0. The highest BCUT2D eigenvalue weighted by Crippen LogP contribution is 2.46. The van der Waals surface area contributed by atoms with Crippen LogP contribution in [0.5, 0.6) is 11.5 Å². The molecule has 0 bridgehead atoms. The molecule has 0 aliphatic heterocycles. The number of methoxy groups -OCH3 is 2. The lowest BCUT2D eigenvalue weighted by atomic mass is 10.0. The molecule has 1 aromatic carbocycles. The fourth-order valence-electron chi connectivity index (χ4n) is 4.01. The quantitative estimate of drug-likeness (QED) is 0.670. The zero-order valence-electron chi connectivity index (χ0n) is 17.4. The van der Waals surface area contributed by atoms with Crippen LogP contribution in [0.4, 0.5) is 5.82 Å². The van der Waals surface area contributed by atoms with Crippen LogP contribution in [0.25, 0.3) is 11.3 Å². The molecule has 0 radical (unpaired) electrons.